The summed E-state index contributed by atoms with van der Waals surface area (Å²) in [4.78, 5) is 54.9. The summed E-state index contributed by atoms with van der Waals surface area (Å²) in [6, 6.07) is 15.0. The van der Waals surface area contributed by atoms with E-state index in [1.807, 2.05) is 56.6 Å². The Labute approximate surface area is 588 Å². The number of nitrogens with zero attached hydrogens (tertiary/aromatic N) is 1. The van der Waals surface area contributed by atoms with Gasteiger partial charge in [-0.1, -0.05) is 102 Å². The number of cyclic esters (lactones) is 1. The minimum absolute atomic E-state index is 0.0232. The number of ketones is 2. The van der Waals surface area contributed by atoms with Gasteiger partial charge >= 0.3 is 5.97 Å². The Morgan fingerprint density at radius 3 is 2.41 bits per heavy atom. The number of aliphatic imine (C=N–C) groups is 1. The number of aromatic nitrogens is 1. The number of nitrogens with two attached hydrogens (primary N) is 1. The summed E-state index contributed by atoms with van der Waals surface area (Å²) >= 11 is 0. The topological polar surface area (TPSA) is 321 Å². The number of carbonyl (C=O) groups excluding carboxylic acids is 3. The zero-order chi connectivity index (χ0) is 69.4. The van der Waals surface area contributed by atoms with Gasteiger partial charge in [0, 0.05) is 102 Å². The number of ether oxygens (including phenoxy) is 1. The van der Waals surface area contributed by atoms with E-state index in [0.717, 1.165) is 54.4 Å². The number of H-pyrrole nitrogens is 1. The molecule has 9 aliphatic carbocycles. The summed E-state index contributed by atoms with van der Waals surface area (Å²) in [6.07, 6.45) is 4.41. The van der Waals surface area contributed by atoms with Gasteiger partial charge in [-0.15, -0.1) is 5.92 Å². The summed E-state index contributed by atoms with van der Waals surface area (Å²) in [5.41, 5.74) is 4.64. The van der Waals surface area contributed by atoms with E-state index in [2.05, 4.69) is 52.3 Å². The van der Waals surface area contributed by atoms with Crippen LogP contribution in [0.4, 0.5) is 0 Å². The number of esters is 1. The second-order valence-electron chi connectivity index (χ2n) is 32.7. The van der Waals surface area contributed by atoms with Crippen LogP contribution in [0.25, 0.3) is 0 Å². The molecule has 0 amide bonds. The lowest BCUT2D eigenvalue weighted by atomic mass is 9.36. The van der Waals surface area contributed by atoms with Crippen molar-refractivity contribution in [1.29, 1.82) is 0 Å². The molecule has 2 saturated heterocycles. The highest BCUT2D eigenvalue weighted by Crippen LogP contribution is 2.78. The van der Waals surface area contributed by atoms with Crippen LogP contribution in [-0.2, 0) is 25.7 Å². The van der Waals surface area contributed by atoms with E-state index in [-0.39, 0.29) is 104 Å². The highest BCUT2D eigenvalue weighted by molar-refractivity contribution is 8.76. The smallest absolute Gasteiger partial charge is 0.314 e. The van der Waals surface area contributed by atoms with Crippen LogP contribution in [0.5, 0.6) is 5.75 Å². The Morgan fingerprint density at radius 2 is 1.66 bits per heavy atom. The molecule has 6 saturated carbocycles. The molecule has 2 aromatic carbocycles. The van der Waals surface area contributed by atoms with E-state index in [4.69, 9.17) is 15.5 Å². The molecule has 1 aromatic heterocycles. The third-order valence-electron chi connectivity index (χ3n) is 27.8. The fourth-order valence-corrected chi connectivity index (χ4v) is 26.7. The van der Waals surface area contributed by atoms with E-state index in [0.29, 0.717) is 30.1 Å². The number of rotatable bonds is 6. The molecule has 28 atom stereocenters. The van der Waals surface area contributed by atoms with Crippen LogP contribution in [0.2, 0.25) is 0 Å². The minimum Gasteiger partial charge on any atom is -0.508 e. The molecule has 99 heavy (non-hydrogen) atoms. The molecular formula is C79H99N5O13S2. The summed E-state index contributed by atoms with van der Waals surface area (Å²) < 4.78 is 6.47. The van der Waals surface area contributed by atoms with Gasteiger partial charge in [-0.2, -0.15) is 0 Å². The summed E-state index contributed by atoms with van der Waals surface area (Å²) in [5, 5.41) is 123. The fraction of sp³-hybridized carbons (Fsp3) is 0.646. The molecule has 15 rings (SSSR count). The molecule has 14 N–H and O–H groups in total. The number of phenolic OH excluding ortho intramolecular Hbond substituents is 1. The second-order valence-corrected chi connectivity index (χ2v) is 35.2. The Balaban J connectivity index is 0.977. The van der Waals surface area contributed by atoms with Crippen molar-refractivity contribution in [2.75, 3.05) is 24.7 Å². The van der Waals surface area contributed by atoms with E-state index in [1.54, 1.807) is 31.2 Å². The van der Waals surface area contributed by atoms with Crippen LogP contribution >= 0.6 is 21.6 Å². The number of aromatic amines is 1. The molecule has 3 aliphatic heterocycles. The number of aromatic hydroxyl groups is 1. The lowest BCUT2D eigenvalue weighted by Gasteiger charge is -2.69. The molecule has 3 aromatic rings. The standard InChI is InChI=1S/C79H99N5O13S2/c1-5-60-65(63(74(94)97-60)47-23-24-81-33-47)51-12-8-11-45-31-79(96)68-66(76(3)32-59(88)70(90)55-38-99-98-37-49(41-17-20-50(86)21-18-41)28-58(87)57(36-85)84-69(68)71(91)67(55)76)48-27-43-16-15-40-9-6-7-10-46(40)34-82-75(80)83-35-56(43)78(79,30-48)72(45)77(4,95)61(89)29-54(73(92)93)62-44-19-22-52(51)64(62)53-25-39(2)13-14-42(53)26-44/h6-7,9-10,17-18,20-21,23-24,26,33,39,43-45,48-49,51-57,59-67,70,72-73,81,84-86,88-90,92-93,95-96H,5,11,13-14,19,22,25,27-32,34-38H2,1-4H3,(H3,80,82,83)/t39-,43-,44+,45+,48+,49+,51+,52+,53-,54-,55-,56+,57+,59+,60-,61-,62+,63-,64-,65+,66+,67+,70-,72-,76-,77+,78+,79-/m1/s1. The van der Waals surface area contributed by atoms with Crippen molar-refractivity contribution in [3.05, 3.63) is 112 Å². The number of phenols is 1. The van der Waals surface area contributed by atoms with Gasteiger partial charge in [0.2, 0.25) is 0 Å². The van der Waals surface area contributed by atoms with Crippen molar-refractivity contribution in [3.63, 3.8) is 0 Å². The van der Waals surface area contributed by atoms with Crippen molar-refractivity contribution >= 4 is 45.1 Å². The quantitative estimate of drug-likeness (QED) is 0.0381. The summed E-state index contributed by atoms with van der Waals surface area (Å²) in [5.74, 6) is 5.26. The zero-order valence-electron chi connectivity index (χ0n) is 57.1. The van der Waals surface area contributed by atoms with E-state index < -0.39 is 160 Å². The first kappa shape index (κ1) is 69.1. The SMILES string of the molecule is CC[C@H]1OC(=O)[C@H](c2cc[nH]c2)[C@H]1[C@H]1C#CC[C@H]2C[C@@]3(O)C4=C5N[C@@H](CO)C(=O)C[C@H](c6ccc(O)cc6)CSSC[C@H]6[C@@H](O)[C@@H](O)C[C@](C)([C@H]4[C@H]4C[C@H]7C#Cc8ccccc8CN=C(N)NC[C@@H]7[C@@]3(C4)[C@H]2[C@@](C)(O)[C@H](O)C[C@@H](C(O)O)[C@H]2[C@@H]3[C@H]1CC[C@H]2C=C1CC[C@@H](C)C[C@H]13)[C@@H]6C5=O. The number of carbonyl (C=O) groups is 3. The van der Waals surface area contributed by atoms with Crippen LogP contribution in [0.3, 0.4) is 0 Å². The highest BCUT2D eigenvalue weighted by atomic mass is 33.1. The van der Waals surface area contributed by atoms with Gasteiger partial charge in [0.25, 0.3) is 0 Å². The molecule has 18 nitrogen and oxygen atoms in total. The number of fused-ring (bicyclic) bond motifs is 10. The molecule has 8 bridgehead atoms. The van der Waals surface area contributed by atoms with Crippen molar-refractivity contribution in [2.24, 2.45) is 122 Å². The molecule has 530 valence electrons. The number of allylic oxidation sites excluding steroid dienone is 3. The monoisotopic (exact) mass is 1390 g/mol. The van der Waals surface area contributed by atoms with Gasteiger partial charge in [0.05, 0.1) is 54.3 Å². The lowest BCUT2D eigenvalue weighted by molar-refractivity contribution is -0.239. The maximum atomic E-state index is 16.9. The maximum Gasteiger partial charge on any atom is 0.314 e. The van der Waals surface area contributed by atoms with E-state index in [9.17, 15) is 45.6 Å². The summed E-state index contributed by atoms with van der Waals surface area (Å²) in [6.45, 7) is 7.52. The molecule has 1 spiro atoms. The predicted octanol–water partition coefficient (Wildman–Crippen LogP) is 7.23. The van der Waals surface area contributed by atoms with Crippen molar-refractivity contribution < 1.29 is 65.1 Å². The van der Waals surface area contributed by atoms with Gasteiger partial charge < -0.3 is 72.0 Å². The number of Topliss-reactive ketones (excluding diaryl/α,β-unsaturated/α-hetero) is 2. The molecule has 4 heterocycles. The number of aliphatic hydroxyl groups excluding tert-OH is 5. The molecule has 20 heteroatoms. The Bertz CT molecular complexity index is 3840. The number of benzene rings is 2. The van der Waals surface area contributed by atoms with E-state index in [1.165, 1.54) is 27.2 Å². The average Bonchev–Trinajstić information content (AvgIpc) is 1.59. The molecule has 8 fully saturated rings. The van der Waals surface area contributed by atoms with Gasteiger partial charge in [0.15, 0.2) is 23.8 Å². The van der Waals surface area contributed by atoms with Crippen LogP contribution in [-0.4, -0.2) is 147 Å². The minimum atomic E-state index is -2.18. The predicted molar refractivity (Wildman–Crippen MR) is 376 cm³/mol. The average molecular weight is 1390 g/mol. The lowest BCUT2D eigenvalue weighted by Crippen LogP contribution is -2.73. The number of aliphatic hydroxyl groups is 8. The maximum absolute atomic E-state index is 16.9. The highest BCUT2D eigenvalue weighted by Gasteiger charge is 2.80. The fourth-order valence-electron chi connectivity index (χ4n) is 23.9. The molecular weight excluding hydrogens is 1290 g/mol. The van der Waals surface area contributed by atoms with Gasteiger partial charge in [-0.25, -0.2) is 4.99 Å². The molecule has 0 radical (unpaired) electrons. The largest absolute Gasteiger partial charge is 0.508 e. The molecule has 12 aliphatic rings. The van der Waals surface area contributed by atoms with Crippen LogP contribution in [0, 0.1) is 135 Å². The third-order valence-corrected chi connectivity index (χ3v) is 30.3. The number of hydrogen-bond donors (Lipinski definition) is 13. The van der Waals surface area contributed by atoms with Gasteiger partial charge in [-0.3, -0.25) is 14.4 Å². The van der Waals surface area contributed by atoms with Crippen molar-refractivity contribution in [2.45, 2.75) is 177 Å². The summed E-state index contributed by atoms with van der Waals surface area (Å²) in [7, 11) is 2.96. The van der Waals surface area contributed by atoms with E-state index >= 15 is 14.7 Å². The normalized spacial score (nSPS) is 44.8. The van der Waals surface area contributed by atoms with Crippen LogP contribution in [0.1, 0.15) is 145 Å². The van der Waals surface area contributed by atoms with Gasteiger partial charge in [-0.05, 0) is 189 Å². The van der Waals surface area contributed by atoms with Crippen molar-refractivity contribution in [3.8, 4) is 29.4 Å². The Morgan fingerprint density at radius 1 is 0.869 bits per heavy atom. The Hall–Kier alpha value is -5.62. The second kappa shape index (κ2) is 26.6. The first-order valence-electron chi connectivity index (χ1n) is 36.7. The zero-order valence-corrected chi connectivity index (χ0v) is 58.7. The number of nitrogens with one attached hydrogen (secondary N) is 3. The first-order valence-corrected chi connectivity index (χ1v) is 39.2. The number of hydrogen-bond acceptors (Lipinski definition) is 19. The van der Waals surface area contributed by atoms with Crippen molar-refractivity contribution in [1.82, 2.24) is 15.6 Å². The van der Waals surface area contributed by atoms with Gasteiger partial charge in [0.1, 0.15) is 17.9 Å². The first-order chi connectivity index (χ1) is 47.5. The van der Waals surface area contributed by atoms with Crippen LogP contribution < -0.4 is 16.4 Å². The third kappa shape index (κ3) is 11.3. The number of guanidine groups is 1. The van der Waals surface area contributed by atoms with Crippen LogP contribution in [0.15, 0.2) is 94.9 Å². The molecule has 0 unspecified atom stereocenters. The Kier molecular flexibility index (Phi) is 18.6.